The van der Waals surface area contributed by atoms with E-state index in [0.717, 1.165) is 6.42 Å². The molecule has 0 amide bonds. The number of benzene rings is 1. The summed E-state index contributed by atoms with van der Waals surface area (Å²) in [6.07, 6.45) is 7.43. The lowest BCUT2D eigenvalue weighted by Gasteiger charge is -2.33. The summed E-state index contributed by atoms with van der Waals surface area (Å²) in [5.41, 5.74) is 7.86. The van der Waals surface area contributed by atoms with Crippen molar-refractivity contribution in [3.05, 3.63) is 35.9 Å². The van der Waals surface area contributed by atoms with Gasteiger partial charge in [0.1, 0.15) is 0 Å². The molecule has 2 N–H and O–H groups in total. The Balaban J connectivity index is 0.00000112. The van der Waals surface area contributed by atoms with Crippen molar-refractivity contribution >= 4 is 12.4 Å². The van der Waals surface area contributed by atoms with E-state index in [4.69, 9.17) is 5.73 Å². The first kappa shape index (κ1) is 12.5. The Kier molecular flexibility index (Phi) is 4.62. The van der Waals surface area contributed by atoms with Crippen LogP contribution in [0.15, 0.2) is 30.3 Å². The van der Waals surface area contributed by atoms with Crippen molar-refractivity contribution in [1.82, 2.24) is 0 Å². The molecule has 0 aromatic heterocycles. The Labute approximate surface area is 98.5 Å². The van der Waals surface area contributed by atoms with E-state index in [-0.39, 0.29) is 17.9 Å². The zero-order chi connectivity index (χ0) is 9.86. The Hall–Kier alpha value is -0.530. The molecule has 0 unspecified atom stereocenters. The predicted octanol–water partition coefficient (Wildman–Crippen LogP) is 3.31. The largest absolute Gasteiger partial charge is 0.325 e. The first-order valence-electron chi connectivity index (χ1n) is 5.61. The van der Waals surface area contributed by atoms with Crippen molar-refractivity contribution < 1.29 is 0 Å². The van der Waals surface area contributed by atoms with Crippen molar-refractivity contribution in [2.45, 2.75) is 44.1 Å². The van der Waals surface area contributed by atoms with E-state index in [1.165, 1.54) is 37.7 Å². The normalized spacial score (nSPS) is 19.3. The summed E-state index contributed by atoms with van der Waals surface area (Å²) in [7, 11) is 0. The van der Waals surface area contributed by atoms with Gasteiger partial charge < -0.3 is 5.73 Å². The zero-order valence-corrected chi connectivity index (χ0v) is 9.93. The molecule has 0 radical (unpaired) electrons. The van der Waals surface area contributed by atoms with Crippen LogP contribution in [0.2, 0.25) is 0 Å². The molecule has 1 saturated carbocycles. The molecule has 0 spiro atoms. The van der Waals surface area contributed by atoms with Crippen molar-refractivity contribution in [3.8, 4) is 0 Å². The highest BCUT2D eigenvalue weighted by Crippen LogP contribution is 2.28. The molecule has 2 heteroatoms. The van der Waals surface area contributed by atoms with Crippen LogP contribution in [0.5, 0.6) is 0 Å². The second-order valence-corrected chi connectivity index (χ2v) is 4.59. The maximum atomic E-state index is 6.39. The molecular formula is C13H20ClN. The van der Waals surface area contributed by atoms with E-state index in [9.17, 15) is 0 Å². The summed E-state index contributed by atoms with van der Waals surface area (Å²) in [6.45, 7) is 0. The Morgan fingerprint density at radius 3 is 2.20 bits per heavy atom. The smallest absolute Gasteiger partial charge is 0.0195 e. The fraction of sp³-hybridized carbons (Fsp3) is 0.538. The number of hydrogen-bond donors (Lipinski definition) is 1. The summed E-state index contributed by atoms with van der Waals surface area (Å²) in [4.78, 5) is 0. The van der Waals surface area contributed by atoms with Crippen LogP contribution in [0.25, 0.3) is 0 Å². The van der Waals surface area contributed by atoms with E-state index < -0.39 is 0 Å². The summed E-state index contributed by atoms with van der Waals surface area (Å²) in [6, 6.07) is 10.6. The Morgan fingerprint density at radius 1 is 1.00 bits per heavy atom. The number of rotatable bonds is 2. The van der Waals surface area contributed by atoms with Crippen LogP contribution >= 0.6 is 12.4 Å². The minimum Gasteiger partial charge on any atom is -0.325 e. The average molecular weight is 226 g/mol. The van der Waals surface area contributed by atoms with Gasteiger partial charge in [-0.3, -0.25) is 0 Å². The maximum absolute atomic E-state index is 6.39. The van der Waals surface area contributed by atoms with E-state index in [1.807, 2.05) is 0 Å². The van der Waals surface area contributed by atoms with Crippen LogP contribution in [-0.4, -0.2) is 5.54 Å². The monoisotopic (exact) mass is 225 g/mol. The molecule has 1 aliphatic rings. The molecule has 84 valence electrons. The Morgan fingerprint density at radius 2 is 1.60 bits per heavy atom. The van der Waals surface area contributed by atoms with Crippen molar-refractivity contribution in [1.29, 1.82) is 0 Å². The van der Waals surface area contributed by atoms with Gasteiger partial charge in [0, 0.05) is 5.54 Å². The highest BCUT2D eigenvalue weighted by molar-refractivity contribution is 5.85. The fourth-order valence-corrected chi connectivity index (χ4v) is 2.44. The summed E-state index contributed by atoms with van der Waals surface area (Å²) in [5.74, 6) is 0. The molecule has 1 nitrogen and oxygen atoms in total. The number of hydrogen-bond acceptors (Lipinski definition) is 1. The van der Waals surface area contributed by atoms with E-state index >= 15 is 0 Å². The summed E-state index contributed by atoms with van der Waals surface area (Å²) >= 11 is 0. The zero-order valence-electron chi connectivity index (χ0n) is 9.11. The summed E-state index contributed by atoms with van der Waals surface area (Å²) in [5, 5.41) is 0. The minimum atomic E-state index is 0. The summed E-state index contributed by atoms with van der Waals surface area (Å²) < 4.78 is 0. The molecule has 0 saturated heterocycles. The van der Waals surface area contributed by atoms with E-state index in [0.29, 0.717) is 0 Å². The van der Waals surface area contributed by atoms with Gasteiger partial charge in [0.05, 0.1) is 0 Å². The van der Waals surface area contributed by atoms with Crippen molar-refractivity contribution in [3.63, 3.8) is 0 Å². The minimum absolute atomic E-state index is 0. The molecule has 1 aromatic rings. The van der Waals surface area contributed by atoms with E-state index in [2.05, 4.69) is 30.3 Å². The van der Waals surface area contributed by atoms with Gasteiger partial charge in [0.25, 0.3) is 0 Å². The first-order chi connectivity index (χ1) is 6.79. The molecule has 1 fully saturated rings. The predicted molar refractivity (Wildman–Crippen MR) is 67.4 cm³/mol. The lowest BCUT2D eigenvalue weighted by molar-refractivity contribution is 0.294. The van der Waals surface area contributed by atoms with E-state index in [1.54, 1.807) is 0 Å². The quantitative estimate of drug-likeness (QED) is 0.821. The average Bonchev–Trinajstić information content (AvgIpc) is 2.19. The van der Waals surface area contributed by atoms with Gasteiger partial charge in [-0.2, -0.15) is 0 Å². The molecule has 0 aliphatic heterocycles. The van der Waals surface area contributed by atoms with Crippen molar-refractivity contribution in [2.75, 3.05) is 0 Å². The van der Waals surface area contributed by atoms with Crippen LogP contribution in [0.3, 0.4) is 0 Å². The highest BCUT2D eigenvalue weighted by atomic mass is 35.5. The maximum Gasteiger partial charge on any atom is 0.0195 e. The fourth-order valence-electron chi connectivity index (χ4n) is 2.44. The lowest BCUT2D eigenvalue weighted by atomic mass is 9.78. The molecule has 0 atom stereocenters. The van der Waals surface area contributed by atoms with Crippen LogP contribution in [-0.2, 0) is 6.42 Å². The second-order valence-electron chi connectivity index (χ2n) is 4.59. The Bertz CT molecular complexity index is 278. The van der Waals surface area contributed by atoms with Gasteiger partial charge in [-0.05, 0) is 24.8 Å². The van der Waals surface area contributed by atoms with Gasteiger partial charge in [-0.15, -0.1) is 12.4 Å². The molecule has 2 rings (SSSR count). The second kappa shape index (κ2) is 5.53. The molecule has 15 heavy (non-hydrogen) atoms. The molecule has 0 bridgehead atoms. The lowest BCUT2D eigenvalue weighted by Crippen LogP contribution is -2.43. The first-order valence-corrected chi connectivity index (χ1v) is 5.61. The van der Waals surface area contributed by atoms with Gasteiger partial charge in [-0.1, -0.05) is 49.6 Å². The highest BCUT2D eigenvalue weighted by Gasteiger charge is 2.27. The number of halogens is 1. The SMILES string of the molecule is Cl.NC1(Cc2ccccc2)CCCCC1. The topological polar surface area (TPSA) is 26.0 Å². The van der Waals surface area contributed by atoms with Crippen molar-refractivity contribution in [2.24, 2.45) is 5.73 Å². The van der Waals surface area contributed by atoms with Crippen LogP contribution in [0, 0.1) is 0 Å². The third-order valence-electron chi connectivity index (χ3n) is 3.25. The molecule has 1 aliphatic carbocycles. The van der Waals surface area contributed by atoms with Crippen LogP contribution in [0.1, 0.15) is 37.7 Å². The van der Waals surface area contributed by atoms with Crippen LogP contribution in [0.4, 0.5) is 0 Å². The number of nitrogens with two attached hydrogens (primary N) is 1. The van der Waals surface area contributed by atoms with Crippen LogP contribution < -0.4 is 5.73 Å². The van der Waals surface area contributed by atoms with Gasteiger partial charge in [0.2, 0.25) is 0 Å². The molecule has 0 heterocycles. The molecular weight excluding hydrogens is 206 g/mol. The van der Waals surface area contributed by atoms with Gasteiger partial charge in [-0.25, -0.2) is 0 Å². The third kappa shape index (κ3) is 3.51. The van der Waals surface area contributed by atoms with Gasteiger partial charge in [0.15, 0.2) is 0 Å². The standard InChI is InChI=1S/C13H19N.ClH/c14-13(9-5-2-6-10-13)11-12-7-3-1-4-8-12;/h1,3-4,7-8H,2,5-6,9-11,14H2;1H. The third-order valence-corrected chi connectivity index (χ3v) is 3.25. The molecule has 1 aromatic carbocycles. The van der Waals surface area contributed by atoms with Gasteiger partial charge >= 0.3 is 0 Å².